The number of hydrogen-bond acceptors (Lipinski definition) is 4. The highest BCUT2D eigenvalue weighted by atomic mass is 16.6. The lowest BCUT2D eigenvalue weighted by atomic mass is 10.1. The van der Waals surface area contributed by atoms with Gasteiger partial charge in [0.15, 0.2) is 0 Å². The number of hydrogen-bond donors (Lipinski definition) is 1. The van der Waals surface area contributed by atoms with Crippen LogP contribution in [-0.4, -0.2) is 21.6 Å². The van der Waals surface area contributed by atoms with E-state index >= 15 is 0 Å². The van der Waals surface area contributed by atoms with Crippen LogP contribution in [0.3, 0.4) is 0 Å². The van der Waals surface area contributed by atoms with E-state index in [1.165, 1.54) is 17.2 Å². The topological polar surface area (TPSA) is 89.5 Å². The van der Waals surface area contributed by atoms with Gasteiger partial charge in [0, 0.05) is 34.3 Å². The van der Waals surface area contributed by atoms with Crippen LogP contribution in [0.2, 0.25) is 0 Å². The number of carbonyl (C=O) groups excluding carboxylic acids is 1. The molecule has 1 heterocycles. The van der Waals surface area contributed by atoms with Gasteiger partial charge in [0.05, 0.1) is 17.6 Å². The highest BCUT2D eigenvalue weighted by Crippen LogP contribution is 2.22. The minimum Gasteiger partial charge on any atom is -0.318 e. The Kier molecular flexibility index (Phi) is 6.11. The molecule has 3 rings (SSSR count). The number of hydrazone groups is 1. The molecular weight excluding hydrogens is 380 g/mol. The Labute approximate surface area is 175 Å². The average molecular weight is 404 g/mol. The number of nitro groups is 1. The van der Waals surface area contributed by atoms with Crippen molar-refractivity contribution in [1.82, 2.24) is 9.99 Å². The number of nitrogens with zero attached hydrogens (tertiary/aromatic N) is 3. The third-order valence-corrected chi connectivity index (χ3v) is 4.87. The van der Waals surface area contributed by atoms with Crippen molar-refractivity contribution in [3.63, 3.8) is 0 Å². The molecule has 0 spiro atoms. The third kappa shape index (κ3) is 4.63. The van der Waals surface area contributed by atoms with Crippen molar-refractivity contribution >= 4 is 17.8 Å². The summed E-state index contributed by atoms with van der Waals surface area (Å²) >= 11 is 0. The van der Waals surface area contributed by atoms with E-state index in [-0.39, 0.29) is 12.1 Å². The Morgan fingerprint density at radius 3 is 2.43 bits per heavy atom. The summed E-state index contributed by atoms with van der Waals surface area (Å²) in [7, 11) is 0. The molecular formula is C23H24N4O3. The summed E-state index contributed by atoms with van der Waals surface area (Å²) in [5.74, 6) is -0.413. The van der Waals surface area contributed by atoms with E-state index in [0.717, 1.165) is 22.6 Å². The van der Waals surface area contributed by atoms with Gasteiger partial charge in [-0.25, -0.2) is 5.43 Å². The Morgan fingerprint density at radius 2 is 1.77 bits per heavy atom. The van der Waals surface area contributed by atoms with Crippen molar-refractivity contribution in [2.45, 2.75) is 34.1 Å². The lowest BCUT2D eigenvalue weighted by Gasteiger charge is -2.11. The Balaban J connectivity index is 1.74. The zero-order valence-corrected chi connectivity index (χ0v) is 17.5. The molecule has 1 N–H and O–H groups in total. The van der Waals surface area contributed by atoms with Crippen LogP contribution in [0.5, 0.6) is 0 Å². The molecule has 30 heavy (non-hydrogen) atoms. The van der Waals surface area contributed by atoms with Crippen LogP contribution < -0.4 is 5.43 Å². The molecule has 0 saturated carbocycles. The molecule has 0 bridgehead atoms. The summed E-state index contributed by atoms with van der Waals surface area (Å²) in [6, 6.07) is 14.6. The predicted molar refractivity (Wildman–Crippen MR) is 117 cm³/mol. The van der Waals surface area contributed by atoms with Crippen molar-refractivity contribution in [2.75, 3.05) is 0 Å². The lowest BCUT2D eigenvalue weighted by molar-refractivity contribution is -0.385. The fourth-order valence-corrected chi connectivity index (χ4v) is 3.62. The van der Waals surface area contributed by atoms with Crippen LogP contribution in [0.15, 0.2) is 53.6 Å². The molecule has 0 fully saturated rings. The second-order valence-electron chi connectivity index (χ2n) is 7.36. The summed E-state index contributed by atoms with van der Waals surface area (Å²) < 4.78 is 2.15. The fraction of sp³-hybridized carbons (Fsp3) is 0.217. The first-order valence-electron chi connectivity index (χ1n) is 9.58. The quantitative estimate of drug-likeness (QED) is 0.377. The number of benzene rings is 2. The van der Waals surface area contributed by atoms with E-state index in [0.29, 0.717) is 5.56 Å². The van der Waals surface area contributed by atoms with Crippen molar-refractivity contribution in [3.05, 3.63) is 92.3 Å². The number of aromatic nitrogens is 1. The second kappa shape index (κ2) is 8.73. The van der Waals surface area contributed by atoms with Crippen LogP contribution in [0, 0.1) is 37.8 Å². The van der Waals surface area contributed by atoms with E-state index in [2.05, 4.69) is 47.1 Å². The van der Waals surface area contributed by atoms with Gasteiger partial charge < -0.3 is 4.57 Å². The number of nitrogens with one attached hydrogen (secondary N) is 1. The standard InChI is InChI=1S/C23H24N4O3/c1-15-9-16(2)11-21(10-15)26-17(3)12-20(18(26)4)14-24-25-23(28)13-19-7-5-6-8-22(19)27(29)30/h5-12,14H,13H2,1-4H3,(H,25,28). The molecule has 0 radical (unpaired) electrons. The summed E-state index contributed by atoms with van der Waals surface area (Å²) in [5.41, 5.74) is 9.15. The largest absolute Gasteiger partial charge is 0.318 e. The van der Waals surface area contributed by atoms with Gasteiger partial charge in [-0.3, -0.25) is 14.9 Å². The minimum absolute atomic E-state index is 0.0753. The molecule has 0 atom stereocenters. The van der Waals surface area contributed by atoms with Crippen molar-refractivity contribution < 1.29 is 9.72 Å². The molecule has 0 unspecified atom stereocenters. The number of rotatable bonds is 6. The minimum atomic E-state index is -0.492. The first-order chi connectivity index (χ1) is 14.3. The van der Waals surface area contributed by atoms with E-state index < -0.39 is 10.8 Å². The summed E-state index contributed by atoms with van der Waals surface area (Å²) in [5, 5.41) is 15.1. The summed E-state index contributed by atoms with van der Waals surface area (Å²) in [6.45, 7) is 8.16. The molecule has 1 aromatic heterocycles. The second-order valence-corrected chi connectivity index (χ2v) is 7.36. The van der Waals surface area contributed by atoms with Crippen LogP contribution in [0.1, 0.15) is 33.6 Å². The summed E-state index contributed by atoms with van der Waals surface area (Å²) in [4.78, 5) is 22.8. The number of aryl methyl sites for hydroxylation is 3. The number of para-hydroxylation sites is 1. The molecule has 2 aromatic carbocycles. The normalized spacial score (nSPS) is 11.1. The Morgan fingerprint density at radius 1 is 1.10 bits per heavy atom. The highest BCUT2D eigenvalue weighted by molar-refractivity contribution is 5.85. The predicted octanol–water partition coefficient (Wildman–Crippen LogP) is 4.31. The van der Waals surface area contributed by atoms with E-state index in [4.69, 9.17) is 0 Å². The van der Waals surface area contributed by atoms with Gasteiger partial charge in [-0.15, -0.1) is 0 Å². The molecule has 0 aliphatic heterocycles. The monoisotopic (exact) mass is 404 g/mol. The molecule has 0 saturated heterocycles. The van der Waals surface area contributed by atoms with Gasteiger partial charge in [0.2, 0.25) is 5.91 Å². The van der Waals surface area contributed by atoms with Gasteiger partial charge in [0.25, 0.3) is 5.69 Å². The first kappa shape index (κ1) is 21.0. The van der Waals surface area contributed by atoms with Gasteiger partial charge >= 0.3 is 0 Å². The first-order valence-corrected chi connectivity index (χ1v) is 9.58. The van der Waals surface area contributed by atoms with E-state index in [1.54, 1.807) is 24.4 Å². The smallest absolute Gasteiger partial charge is 0.273 e. The van der Waals surface area contributed by atoms with Gasteiger partial charge in [-0.1, -0.05) is 24.3 Å². The average Bonchev–Trinajstić information content (AvgIpc) is 2.94. The molecule has 7 nitrogen and oxygen atoms in total. The SMILES string of the molecule is Cc1cc(C)cc(-n2c(C)cc(C=NNC(=O)Cc3ccccc3[N+](=O)[O-])c2C)c1. The lowest BCUT2D eigenvalue weighted by Crippen LogP contribution is -2.20. The van der Waals surface area contributed by atoms with Crippen LogP contribution in [0.25, 0.3) is 5.69 Å². The van der Waals surface area contributed by atoms with Crippen LogP contribution in [-0.2, 0) is 11.2 Å². The maximum atomic E-state index is 12.2. The highest BCUT2D eigenvalue weighted by Gasteiger charge is 2.15. The van der Waals surface area contributed by atoms with Crippen LogP contribution in [0.4, 0.5) is 5.69 Å². The number of carbonyl (C=O) groups is 1. The molecule has 3 aromatic rings. The van der Waals surface area contributed by atoms with Crippen molar-refractivity contribution in [3.8, 4) is 5.69 Å². The van der Waals surface area contributed by atoms with Crippen molar-refractivity contribution in [1.29, 1.82) is 0 Å². The Bertz CT molecular complexity index is 1130. The van der Waals surface area contributed by atoms with Gasteiger partial charge in [-0.2, -0.15) is 5.10 Å². The maximum absolute atomic E-state index is 12.2. The summed E-state index contributed by atoms with van der Waals surface area (Å²) in [6.07, 6.45) is 1.48. The van der Waals surface area contributed by atoms with E-state index in [9.17, 15) is 14.9 Å². The van der Waals surface area contributed by atoms with Gasteiger partial charge in [0.1, 0.15) is 0 Å². The fourth-order valence-electron chi connectivity index (χ4n) is 3.62. The zero-order valence-electron chi connectivity index (χ0n) is 17.5. The molecule has 1 amide bonds. The zero-order chi connectivity index (χ0) is 21.8. The molecule has 0 aliphatic rings. The van der Waals surface area contributed by atoms with Crippen LogP contribution >= 0.6 is 0 Å². The van der Waals surface area contributed by atoms with Crippen molar-refractivity contribution in [2.24, 2.45) is 5.10 Å². The Hall–Kier alpha value is -3.74. The van der Waals surface area contributed by atoms with Gasteiger partial charge in [-0.05, 0) is 57.0 Å². The third-order valence-electron chi connectivity index (χ3n) is 4.87. The molecule has 7 heteroatoms. The number of nitro benzene ring substituents is 1. The molecule has 154 valence electrons. The molecule has 0 aliphatic carbocycles. The number of amides is 1. The van der Waals surface area contributed by atoms with E-state index in [1.807, 2.05) is 19.9 Å². The maximum Gasteiger partial charge on any atom is 0.273 e.